The van der Waals surface area contributed by atoms with Crippen LogP contribution >= 0.6 is 0 Å². The summed E-state index contributed by atoms with van der Waals surface area (Å²) < 4.78 is 29.4. The van der Waals surface area contributed by atoms with Crippen LogP contribution in [0.15, 0.2) is 52.5 Å². The largest absolute Gasteiger partial charge is 0.438 e. The fraction of sp³-hybridized carbons (Fsp3) is 0.0714. The van der Waals surface area contributed by atoms with E-state index >= 15 is 0 Å². The maximum absolute atomic E-state index is 11.9. The molecule has 2 aromatic rings. The van der Waals surface area contributed by atoms with E-state index in [4.69, 9.17) is 16.2 Å². The van der Waals surface area contributed by atoms with Gasteiger partial charge in [0.05, 0.1) is 0 Å². The molecule has 9 heteroatoms. The summed E-state index contributed by atoms with van der Waals surface area (Å²) in [5.74, 6) is -0.892. The quantitative estimate of drug-likeness (QED) is 0.619. The van der Waals surface area contributed by atoms with Gasteiger partial charge in [0.2, 0.25) is 5.88 Å². The molecule has 1 aromatic heterocycles. The van der Waals surface area contributed by atoms with Gasteiger partial charge in [0.25, 0.3) is 5.91 Å². The number of hydrogen-bond acceptors (Lipinski definition) is 5. The molecule has 0 bridgehead atoms. The summed E-state index contributed by atoms with van der Waals surface area (Å²) in [4.78, 5) is 19.0. The van der Waals surface area contributed by atoms with Gasteiger partial charge in [-0.05, 0) is 24.3 Å². The maximum Gasteiger partial charge on any atom is 0.280 e. The summed E-state index contributed by atoms with van der Waals surface area (Å²) in [5, 5.41) is 0. The third-order valence-corrected chi connectivity index (χ3v) is 3.79. The summed E-state index contributed by atoms with van der Waals surface area (Å²) in [7, 11) is -3.65. The standard InChI is InChI=1S/C14H14N4O4S/c1-23(20,21)11-8-9(13(19)18-14(15)16)5-6-10(11)22-12-4-2-3-7-17-12/h2-8H,1H3,(H4,15,16,18,19). The Labute approximate surface area is 132 Å². The molecule has 1 heterocycles. The van der Waals surface area contributed by atoms with Gasteiger partial charge in [0.15, 0.2) is 15.8 Å². The van der Waals surface area contributed by atoms with Crippen molar-refractivity contribution in [3.63, 3.8) is 0 Å². The number of aromatic nitrogens is 1. The van der Waals surface area contributed by atoms with Gasteiger partial charge in [0, 0.05) is 24.1 Å². The summed E-state index contributed by atoms with van der Waals surface area (Å²) in [6.45, 7) is 0. The van der Waals surface area contributed by atoms with E-state index in [0.717, 1.165) is 12.3 Å². The van der Waals surface area contributed by atoms with Crippen molar-refractivity contribution in [2.75, 3.05) is 6.26 Å². The maximum atomic E-state index is 11.9. The minimum absolute atomic E-state index is 0.0206. The van der Waals surface area contributed by atoms with Crippen molar-refractivity contribution in [1.29, 1.82) is 0 Å². The van der Waals surface area contributed by atoms with E-state index < -0.39 is 21.7 Å². The predicted molar refractivity (Wildman–Crippen MR) is 84.0 cm³/mol. The molecule has 23 heavy (non-hydrogen) atoms. The minimum atomic E-state index is -3.65. The highest BCUT2D eigenvalue weighted by molar-refractivity contribution is 7.90. The number of ether oxygens (including phenoxy) is 1. The zero-order valence-electron chi connectivity index (χ0n) is 12.1. The molecule has 0 atom stereocenters. The first-order valence-electron chi connectivity index (χ1n) is 6.34. The van der Waals surface area contributed by atoms with Gasteiger partial charge in [-0.2, -0.15) is 4.99 Å². The number of hydrogen-bond donors (Lipinski definition) is 2. The number of sulfone groups is 1. The number of rotatable bonds is 4. The number of benzene rings is 1. The number of guanidine groups is 1. The van der Waals surface area contributed by atoms with Gasteiger partial charge >= 0.3 is 0 Å². The molecule has 0 aliphatic carbocycles. The molecule has 0 unspecified atom stereocenters. The van der Waals surface area contributed by atoms with Gasteiger partial charge in [0.1, 0.15) is 10.6 Å². The highest BCUT2D eigenvalue weighted by Gasteiger charge is 2.18. The number of carbonyl (C=O) groups is 1. The SMILES string of the molecule is CS(=O)(=O)c1cc(C(=O)N=C(N)N)ccc1Oc1ccccn1. The van der Waals surface area contributed by atoms with E-state index in [0.29, 0.717) is 0 Å². The molecule has 0 fully saturated rings. The highest BCUT2D eigenvalue weighted by Crippen LogP contribution is 2.29. The molecule has 0 saturated carbocycles. The van der Waals surface area contributed by atoms with Gasteiger partial charge < -0.3 is 16.2 Å². The molecule has 0 saturated heterocycles. The molecule has 8 nitrogen and oxygen atoms in total. The normalized spacial score (nSPS) is 10.8. The Morgan fingerprint density at radius 1 is 1.22 bits per heavy atom. The summed E-state index contributed by atoms with van der Waals surface area (Å²) >= 11 is 0. The van der Waals surface area contributed by atoms with E-state index in [1.54, 1.807) is 18.2 Å². The lowest BCUT2D eigenvalue weighted by atomic mass is 10.2. The number of aliphatic imine (C=N–C) groups is 1. The molecule has 1 amide bonds. The van der Waals surface area contributed by atoms with Crippen LogP contribution in [0.25, 0.3) is 0 Å². The predicted octanol–water partition coefficient (Wildman–Crippen LogP) is 0.691. The molecule has 0 aliphatic heterocycles. The lowest BCUT2D eigenvalue weighted by Gasteiger charge is -2.10. The van der Waals surface area contributed by atoms with Crippen LogP contribution in [0.4, 0.5) is 0 Å². The van der Waals surface area contributed by atoms with Gasteiger partial charge in [-0.15, -0.1) is 0 Å². The second-order valence-corrected chi connectivity index (χ2v) is 6.53. The van der Waals surface area contributed by atoms with Gasteiger partial charge in [-0.25, -0.2) is 13.4 Å². The Kier molecular flexibility index (Phi) is 4.60. The van der Waals surface area contributed by atoms with E-state index in [1.165, 1.54) is 18.3 Å². The molecule has 0 spiro atoms. The molecular formula is C14H14N4O4S. The first-order valence-corrected chi connectivity index (χ1v) is 8.23. The van der Waals surface area contributed by atoms with Crippen LogP contribution in [-0.2, 0) is 9.84 Å². The van der Waals surface area contributed by atoms with E-state index in [1.807, 2.05) is 0 Å². The third-order valence-electron chi connectivity index (χ3n) is 2.67. The topological polar surface area (TPSA) is 138 Å². The number of nitrogens with zero attached hydrogens (tertiary/aromatic N) is 2. The van der Waals surface area contributed by atoms with E-state index in [-0.39, 0.29) is 22.1 Å². The van der Waals surface area contributed by atoms with Crippen LogP contribution < -0.4 is 16.2 Å². The van der Waals surface area contributed by atoms with Crippen LogP contribution in [0.5, 0.6) is 11.6 Å². The Morgan fingerprint density at radius 3 is 2.52 bits per heavy atom. The van der Waals surface area contributed by atoms with Crippen molar-refractivity contribution in [2.24, 2.45) is 16.5 Å². The number of amides is 1. The first kappa shape index (κ1) is 16.4. The van der Waals surface area contributed by atoms with Crippen LogP contribution in [0.3, 0.4) is 0 Å². The Hall–Kier alpha value is -2.94. The average molecular weight is 334 g/mol. The number of pyridine rings is 1. The molecule has 2 rings (SSSR count). The fourth-order valence-electron chi connectivity index (χ4n) is 1.72. The fourth-order valence-corrected chi connectivity index (χ4v) is 2.53. The Bertz CT molecular complexity index is 860. The number of carbonyl (C=O) groups excluding carboxylic acids is 1. The Morgan fingerprint density at radius 2 is 1.96 bits per heavy atom. The second kappa shape index (κ2) is 6.44. The monoisotopic (exact) mass is 334 g/mol. The smallest absolute Gasteiger partial charge is 0.280 e. The molecule has 0 radical (unpaired) electrons. The molecule has 120 valence electrons. The molecule has 1 aromatic carbocycles. The minimum Gasteiger partial charge on any atom is -0.438 e. The van der Waals surface area contributed by atoms with Crippen molar-refractivity contribution in [3.05, 3.63) is 48.2 Å². The van der Waals surface area contributed by atoms with Gasteiger partial charge in [-0.1, -0.05) is 6.07 Å². The summed E-state index contributed by atoms with van der Waals surface area (Å²) in [6.07, 6.45) is 2.51. The summed E-state index contributed by atoms with van der Waals surface area (Å²) in [5.41, 5.74) is 10.3. The lowest BCUT2D eigenvalue weighted by molar-refractivity contribution is 0.100. The van der Waals surface area contributed by atoms with Gasteiger partial charge in [-0.3, -0.25) is 4.79 Å². The lowest BCUT2D eigenvalue weighted by Crippen LogP contribution is -2.24. The molecule has 0 aliphatic rings. The van der Waals surface area contributed by atoms with E-state index in [9.17, 15) is 13.2 Å². The molecular weight excluding hydrogens is 320 g/mol. The average Bonchev–Trinajstić information content (AvgIpc) is 2.46. The van der Waals surface area contributed by atoms with Crippen molar-refractivity contribution in [1.82, 2.24) is 4.98 Å². The number of nitrogens with two attached hydrogens (primary N) is 2. The van der Waals surface area contributed by atoms with Crippen molar-refractivity contribution in [2.45, 2.75) is 4.90 Å². The van der Waals surface area contributed by atoms with E-state index in [2.05, 4.69) is 9.98 Å². The zero-order chi connectivity index (χ0) is 17.0. The van der Waals surface area contributed by atoms with Crippen LogP contribution in [0, 0.1) is 0 Å². The highest BCUT2D eigenvalue weighted by atomic mass is 32.2. The van der Waals surface area contributed by atoms with Crippen LogP contribution in [0.1, 0.15) is 10.4 Å². The first-order chi connectivity index (χ1) is 10.8. The van der Waals surface area contributed by atoms with Crippen molar-refractivity contribution >= 4 is 21.7 Å². The second-order valence-electron chi connectivity index (χ2n) is 4.55. The Balaban J connectivity index is 2.48. The zero-order valence-corrected chi connectivity index (χ0v) is 12.9. The van der Waals surface area contributed by atoms with Crippen LogP contribution in [-0.4, -0.2) is 31.5 Å². The van der Waals surface area contributed by atoms with Crippen molar-refractivity contribution < 1.29 is 17.9 Å². The van der Waals surface area contributed by atoms with Crippen LogP contribution in [0.2, 0.25) is 0 Å². The summed E-state index contributed by atoms with van der Waals surface area (Å²) in [6, 6.07) is 8.83. The third kappa shape index (κ3) is 4.27. The van der Waals surface area contributed by atoms with Crippen molar-refractivity contribution in [3.8, 4) is 11.6 Å². The molecule has 4 N–H and O–H groups in total.